The van der Waals surface area contributed by atoms with Crippen molar-refractivity contribution in [1.29, 1.82) is 5.26 Å². The minimum atomic E-state index is -0.144. The number of hydrogen-bond donors (Lipinski definition) is 2. The fraction of sp³-hybridized carbons (Fsp3) is 0.375. The number of ether oxygens (including phenoxy) is 3. The maximum Gasteiger partial charge on any atom is 0.266 e. The lowest BCUT2D eigenvalue weighted by Gasteiger charge is -2.33. The van der Waals surface area contributed by atoms with E-state index in [9.17, 15) is 10.1 Å². The highest BCUT2D eigenvalue weighted by molar-refractivity contribution is 7.21. The summed E-state index contributed by atoms with van der Waals surface area (Å²) in [6.07, 6.45) is 0. The van der Waals surface area contributed by atoms with Gasteiger partial charge in [-0.1, -0.05) is 6.92 Å². The van der Waals surface area contributed by atoms with Crippen molar-refractivity contribution in [1.82, 2.24) is 14.8 Å². The SMILES string of the molecule is CCN1CCN(C(=O)c2sc3nc(N)c(C#N)c(-c4cc(OC)c(OC)c(OC)c4)c3c2N)CC1. The van der Waals surface area contributed by atoms with Crippen LogP contribution in [0.4, 0.5) is 11.5 Å². The minimum Gasteiger partial charge on any atom is -0.493 e. The molecular formula is C24H28N6O4S. The molecule has 0 unspecified atom stereocenters. The second-order valence-electron chi connectivity index (χ2n) is 8.02. The first-order valence-electron chi connectivity index (χ1n) is 11.1. The summed E-state index contributed by atoms with van der Waals surface area (Å²) in [5, 5.41) is 10.5. The van der Waals surface area contributed by atoms with Gasteiger partial charge in [-0.05, 0) is 24.2 Å². The summed E-state index contributed by atoms with van der Waals surface area (Å²) in [7, 11) is 4.53. The Kier molecular flexibility index (Phi) is 6.86. The Morgan fingerprint density at radius 1 is 1.11 bits per heavy atom. The number of nitriles is 1. The molecule has 0 saturated carbocycles. The first-order valence-corrected chi connectivity index (χ1v) is 11.9. The molecule has 1 fully saturated rings. The quantitative estimate of drug-likeness (QED) is 0.527. The number of aromatic nitrogens is 1. The number of thiophene rings is 1. The number of anilines is 2. The number of carbonyl (C=O) groups excluding carboxylic acids is 1. The number of nitrogens with two attached hydrogens (primary N) is 2. The smallest absolute Gasteiger partial charge is 0.266 e. The summed E-state index contributed by atoms with van der Waals surface area (Å²) in [5.41, 5.74) is 14.3. The van der Waals surface area contributed by atoms with Crippen LogP contribution in [0.2, 0.25) is 0 Å². The van der Waals surface area contributed by atoms with Crippen molar-refractivity contribution in [2.75, 3.05) is 65.5 Å². The Morgan fingerprint density at radius 3 is 2.26 bits per heavy atom. The summed E-state index contributed by atoms with van der Waals surface area (Å²) < 4.78 is 16.4. The Balaban J connectivity index is 1.91. The maximum absolute atomic E-state index is 13.4. The molecule has 1 aliphatic heterocycles. The van der Waals surface area contributed by atoms with E-state index in [2.05, 4.69) is 22.9 Å². The molecule has 3 aromatic rings. The van der Waals surface area contributed by atoms with Gasteiger partial charge in [0.1, 0.15) is 27.2 Å². The van der Waals surface area contributed by atoms with Crippen LogP contribution in [0.5, 0.6) is 17.2 Å². The molecule has 1 amide bonds. The molecule has 2 aromatic heterocycles. The third-order valence-corrected chi connectivity index (χ3v) is 7.36. The van der Waals surface area contributed by atoms with Gasteiger partial charge < -0.3 is 35.5 Å². The Labute approximate surface area is 207 Å². The number of benzene rings is 1. The van der Waals surface area contributed by atoms with E-state index in [1.165, 1.54) is 32.7 Å². The van der Waals surface area contributed by atoms with Gasteiger partial charge in [0, 0.05) is 37.1 Å². The van der Waals surface area contributed by atoms with Crippen LogP contribution >= 0.6 is 11.3 Å². The maximum atomic E-state index is 13.4. The Hall–Kier alpha value is -3.75. The molecule has 0 aliphatic carbocycles. The number of hydrogen-bond acceptors (Lipinski definition) is 10. The van der Waals surface area contributed by atoms with E-state index >= 15 is 0 Å². The normalized spacial score (nSPS) is 14.1. The molecule has 0 radical (unpaired) electrons. The zero-order chi connectivity index (χ0) is 25.3. The number of amides is 1. The number of nitrogen functional groups attached to an aromatic ring is 2. The van der Waals surface area contributed by atoms with E-state index in [-0.39, 0.29) is 23.0 Å². The predicted molar refractivity (Wildman–Crippen MR) is 136 cm³/mol. The highest BCUT2D eigenvalue weighted by Crippen LogP contribution is 2.47. The lowest BCUT2D eigenvalue weighted by atomic mass is 9.96. The lowest BCUT2D eigenvalue weighted by molar-refractivity contribution is 0.0649. The molecule has 4 N–H and O–H groups in total. The van der Waals surface area contributed by atoms with Gasteiger partial charge in [0.15, 0.2) is 11.5 Å². The molecular weight excluding hydrogens is 468 g/mol. The standard InChI is InChI=1S/C24H28N6O4S/c1-5-29-6-8-30(9-7-29)24(31)21-19(26)18-17(14(12-25)22(27)28-23(18)35-21)13-10-15(32-2)20(34-4)16(11-13)33-3/h10-11H,5-9,26H2,1-4H3,(H2,27,28). The van der Waals surface area contributed by atoms with E-state index in [0.29, 0.717) is 56.6 Å². The fourth-order valence-electron chi connectivity index (χ4n) is 4.37. The van der Waals surface area contributed by atoms with E-state index in [0.717, 1.165) is 19.6 Å². The van der Waals surface area contributed by atoms with Crippen molar-refractivity contribution >= 4 is 39.0 Å². The van der Waals surface area contributed by atoms with Gasteiger partial charge in [-0.25, -0.2) is 4.98 Å². The third-order valence-electron chi connectivity index (χ3n) is 6.27. The average Bonchev–Trinajstić information content (AvgIpc) is 3.21. The molecule has 35 heavy (non-hydrogen) atoms. The number of fused-ring (bicyclic) bond motifs is 1. The molecule has 4 rings (SSSR count). The molecule has 1 saturated heterocycles. The van der Waals surface area contributed by atoms with Crippen LogP contribution in [-0.2, 0) is 0 Å². The van der Waals surface area contributed by atoms with Gasteiger partial charge in [-0.2, -0.15) is 5.26 Å². The van der Waals surface area contributed by atoms with Crippen LogP contribution in [0.1, 0.15) is 22.2 Å². The van der Waals surface area contributed by atoms with Gasteiger partial charge in [0.25, 0.3) is 5.91 Å². The molecule has 10 nitrogen and oxygen atoms in total. The fourth-order valence-corrected chi connectivity index (χ4v) is 5.45. The first kappa shape index (κ1) is 24.4. The van der Waals surface area contributed by atoms with Crippen LogP contribution in [0.3, 0.4) is 0 Å². The van der Waals surface area contributed by atoms with Crippen LogP contribution in [0.15, 0.2) is 12.1 Å². The number of likely N-dealkylation sites (N-methyl/N-ethyl adjacent to an activating group) is 1. The van der Waals surface area contributed by atoms with Crippen LogP contribution in [-0.4, -0.2) is 74.7 Å². The number of methoxy groups -OCH3 is 3. The van der Waals surface area contributed by atoms with E-state index in [4.69, 9.17) is 25.7 Å². The molecule has 1 aromatic carbocycles. The van der Waals surface area contributed by atoms with Crippen molar-refractivity contribution in [2.45, 2.75) is 6.92 Å². The topological polar surface area (TPSA) is 140 Å². The van der Waals surface area contributed by atoms with Crippen LogP contribution in [0, 0.1) is 11.3 Å². The predicted octanol–water partition coefficient (Wildman–Crippen LogP) is 2.80. The average molecular weight is 497 g/mol. The number of carbonyl (C=O) groups is 1. The number of pyridine rings is 1. The first-order chi connectivity index (χ1) is 16.9. The van der Waals surface area contributed by atoms with Gasteiger partial charge in [0.05, 0.1) is 27.0 Å². The third kappa shape index (κ3) is 4.15. The number of piperazine rings is 1. The minimum absolute atomic E-state index is 0.0561. The molecule has 11 heteroatoms. The van der Waals surface area contributed by atoms with Crippen molar-refractivity contribution < 1.29 is 19.0 Å². The summed E-state index contributed by atoms with van der Waals surface area (Å²) in [5.74, 6) is 1.15. The highest BCUT2D eigenvalue weighted by atomic mass is 32.1. The van der Waals surface area contributed by atoms with E-state index in [1.54, 1.807) is 17.0 Å². The molecule has 0 spiro atoms. The Morgan fingerprint density at radius 2 is 1.74 bits per heavy atom. The Bertz CT molecular complexity index is 1300. The van der Waals surface area contributed by atoms with Crippen molar-refractivity contribution in [3.63, 3.8) is 0 Å². The van der Waals surface area contributed by atoms with E-state index in [1.807, 2.05) is 0 Å². The molecule has 1 aliphatic rings. The summed E-state index contributed by atoms with van der Waals surface area (Å²) in [6, 6.07) is 5.59. The zero-order valence-corrected chi connectivity index (χ0v) is 21.0. The van der Waals surface area contributed by atoms with Gasteiger partial charge in [-0.15, -0.1) is 11.3 Å². The molecule has 3 heterocycles. The highest BCUT2D eigenvalue weighted by Gasteiger charge is 2.29. The van der Waals surface area contributed by atoms with Gasteiger partial charge in [-0.3, -0.25) is 4.79 Å². The number of rotatable bonds is 6. The molecule has 0 atom stereocenters. The second kappa shape index (κ2) is 9.85. The van der Waals surface area contributed by atoms with Crippen molar-refractivity contribution in [2.24, 2.45) is 0 Å². The van der Waals surface area contributed by atoms with Gasteiger partial charge in [0.2, 0.25) is 5.75 Å². The van der Waals surface area contributed by atoms with E-state index < -0.39 is 0 Å². The monoisotopic (exact) mass is 496 g/mol. The molecule has 0 bridgehead atoms. The summed E-state index contributed by atoms with van der Waals surface area (Å²) in [6.45, 7) is 5.93. The summed E-state index contributed by atoms with van der Waals surface area (Å²) >= 11 is 1.18. The van der Waals surface area contributed by atoms with Crippen molar-refractivity contribution in [3.8, 4) is 34.4 Å². The van der Waals surface area contributed by atoms with Gasteiger partial charge >= 0.3 is 0 Å². The molecule has 184 valence electrons. The largest absolute Gasteiger partial charge is 0.493 e. The second-order valence-corrected chi connectivity index (χ2v) is 9.02. The van der Waals surface area contributed by atoms with Crippen LogP contribution in [0.25, 0.3) is 21.3 Å². The lowest BCUT2D eigenvalue weighted by Crippen LogP contribution is -2.48. The summed E-state index contributed by atoms with van der Waals surface area (Å²) in [4.78, 5) is 22.8. The van der Waals surface area contributed by atoms with Crippen molar-refractivity contribution in [3.05, 3.63) is 22.6 Å². The van der Waals surface area contributed by atoms with Crippen LogP contribution < -0.4 is 25.7 Å². The zero-order valence-electron chi connectivity index (χ0n) is 20.2. The number of nitrogens with zero attached hydrogens (tertiary/aromatic N) is 4.